The quantitative estimate of drug-likeness (QED) is 0.514. The first kappa shape index (κ1) is 11.7. The van der Waals surface area contributed by atoms with Gasteiger partial charge in [-0.1, -0.05) is 24.3 Å². The monoisotopic (exact) mass is 190 g/mol. The fourth-order valence-corrected chi connectivity index (χ4v) is 0.690. The number of allylic oxidation sites excluding steroid dienone is 1. The normalized spacial score (nSPS) is 11.8. The van der Waals surface area contributed by atoms with Crippen LogP contribution in [0.15, 0.2) is 23.3 Å². The van der Waals surface area contributed by atoms with Gasteiger partial charge >= 0.3 is 0 Å². The second-order valence-corrected chi connectivity index (χ2v) is 2.78. The topological polar surface area (TPSA) is 29.5 Å². The molecule has 0 amide bonds. The van der Waals surface area contributed by atoms with E-state index in [2.05, 4.69) is 6.58 Å². The third kappa shape index (κ3) is 5.35. The van der Waals surface area contributed by atoms with Gasteiger partial charge in [0.15, 0.2) is 0 Å². The highest BCUT2D eigenvalue weighted by atomic mass is 35.5. The summed E-state index contributed by atoms with van der Waals surface area (Å²) in [6.45, 7) is 6.72. The van der Waals surface area contributed by atoms with Gasteiger partial charge in [-0.05, 0) is 18.9 Å². The summed E-state index contributed by atoms with van der Waals surface area (Å²) in [7, 11) is 0. The van der Waals surface area contributed by atoms with Crippen LogP contribution in [-0.2, 0) is 4.74 Å². The Hall–Kier alpha value is -0.310. The van der Waals surface area contributed by atoms with Crippen molar-refractivity contribution in [3.63, 3.8) is 0 Å². The van der Waals surface area contributed by atoms with Crippen molar-refractivity contribution in [3.05, 3.63) is 23.3 Å². The highest BCUT2D eigenvalue weighted by Crippen LogP contribution is 2.12. The highest BCUT2D eigenvalue weighted by Gasteiger charge is 1.97. The van der Waals surface area contributed by atoms with E-state index in [0.29, 0.717) is 24.7 Å². The average Bonchev–Trinajstić information content (AvgIpc) is 2.10. The molecular weight excluding hydrogens is 176 g/mol. The van der Waals surface area contributed by atoms with Gasteiger partial charge in [0.2, 0.25) is 0 Å². The Morgan fingerprint density at radius 1 is 1.67 bits per heavy atom. The molecule has 1 N–H and O–H groups in total. The maximum absolute atomic E-state index is 8.45. The zero-order chi connectivity index (χ0) is 9.40. The van der Waals surface area contributed by atoms with Gasteiger partial charge in [-0.3, -0.25) is 0 Å². The lowest BCUT2D eigenvalue weighted by Gasteiger charge is -2.04. The predicted molar refractivity (Wildman–Crippen MR) is 51.3 cm³/mol. The number of aliphatic hydroxyl groups is 1. The van der Waals surface area contributed by atoms with E-state index >= 15 is 0 Å². The smallest absolute Gasteiger partial charge is 0.0725 e. The fourth-order valence-electron chi connectivity index (χ4n) is 0.635. The van der Waals surface area contributed by atoms with E-state index in [9.17, 15) is 0 Å². The van der Waals surface area contributed by atoms with Gasteiger partial charge in [0.1, 0.15) is 0 Å². The lowest BCUT2D eigenvalue weighted by atomic mass is 10.3. The van der Waals surface area contributed by atoms with Crippen molar-refractivity contribution < 1.29 is 9.84 Å². The Labute approximate surface area is 78.5 Å². The molecule has 0 aliphatic rings. The Balaban J connectivity index is 3.45. The summed E-state index contributed by atoms with van der Waals surface area (Å²) in [6.07, 6.45) is 2.43. The van der Waals surface area contributed by atoms with Crippen molar-refractivity contribution in [1.82, 2.24) is 0 Å². The van der Waals surface area contributed by atoms with E-state index < -0.39 is 0 Å². The van der Waals surface area contributed by atoms with Crippen molar-refractivity contribution in [2.24, 2.45) is 0 Å². The Morgan fingerprint density at radius 2 is 2.33 bits per heavy atom. The molecule has 0 saturated heterocycles. The van der Waals surface area contributed by atoms with Crippen LogP contribution < -0.4 is 0 Å². The van der Waals surface area contributed by atoms with Crippen molar-refractivity contribution in [1.29, 1.82) is 0 Å². The Morgan fingerprint density at radius 3 is 2.83 bits per heavy atom. The van der Waals surface area contributed by atoms with Crippen LogP contribution in [0.5, 0.6) is 0 Å². The molecular formula is C9H15ClO2. The van der Waals surface area contributed by atoms with E-state index in [-0.39, 0.29) is 6.61 Å². The minimum atomic E-state index is 0.157. The molecule has 0 fully saturated rings. The predicted octanol–water partition coefficient (Wildman–Crippen LogP) is 2.08. The molecule has 70 valence electrons. The van der Waals surface area contributed by atoms with Crippen LogP contribution in [0.2, 0.25) is 0 Å². The molecule has 0 atom stereocenters. The first-order chi connectivity index (χ1) is 5.72. The van der Waals surface area contributed by atoms with E-state index in [4.69, 9.17) is 21.4 Å². The van der Waals surface area contributed by atoms with Crippen molar-refractivity contribution in [2.75, 3.05) is 19.8 Å². The summed E-state index contributed by atoms with van der Waals surface area (Å²) >= 11 is 5.76. The molecule has 0 unspecified atom stereocenters. The summed E-state index contributed by atoms with van der Waals surface area (Å²) in [4.78, 5) is 0. The lowest BCUT2D eigenvalue weighted by molar-refractivity contribution is 0.135. The molecule has 12 heavy (non-hydrogen) atoms. The fraction of sp³-hybridized carbons (Fsp3) is 0.556. The standard InChI is InChI=1S/C9H15ClO2/c1-3-9(10)8(2)7-12-6-4-5-11/h3,11H,2,4-7H2,1H3/b9-3+. The molecule has 0 saturated carbocycles. The molecule has 0 aliphatic carbocycles. The molecule has 3 heteroatoms. The average molecular weight is 191 g/mol. The summed E-state index contributed by atoms with van der Waals surface area (Å²) in [5, 5.41) is 9.08. The molecule has 0 aromatic heterocycles. The van der Waals surface area contributed by atoms with Gasteiger partial charge in [-0.2, -0.15) is 0 Å². The molecule has 0 rings (SSSR count). The molecule has 0 aromatic carbocycles. The van der Waals surface area contributed by atoms with Gasteiger partial charge in [0, 0.05) is 18.2 Å². The number of ether oxygens (including phenoxy) is 1. The number of aliphatic hydroxyl groups excluding tert-OH is 1. The summed E-state index contributed by atoms with van der Waals surface area (Å²) in [5.41, 5.74) is 0.775. The van der Waals surface area contributed by atoms with Crippen molar-refractivity contribution in [2.45, 2.75) is 13.3 Å². The number of rotatable bonds is 6. The second kappa shape index (κ2) is 7.35. The summed E-state index contributed by atoms with van der Waals surface area (Å²) in [6, 6.07) is 0. The van der Waals surface area contributed by atoms with Crippen LogP contribution in [0.25, 0.3) is 0 Å². The summed E-state index contributed by atoms with van der Waals surface area (Å²) in [5.74, 6) is 0. The minimum Gasteiger partial charge on any atom is -0.396 e. The molecule has 2 nitrogen and oxygen atoms in total. The molecule has 0 heterocycles. The third-order valence-corrected chi connectivity index (χ3v) is 1.80. The molecule has 0 bridgehead atoms. The molecule has 0 aromatic rings. The molecule has 0 aliphatic heterocycles. The van der Waals surface area contributed by atoms with Gasteiger partial charge in [0.25, 0.3) is 0 Å². The largest absolute Gasteiger partial charge is 0.396 e. The summed E-state index contributed by atoms with van der Waals surface area (Å²) < 4.78 is 5.17. The van der Waals surface area contributed by atoms with Crippen LogP contribution in [0.1, 0.15) is 13.3 Å². The zero-order valence-electron chi connectivity index (χ0n) is 7.35. The van der Waals surface area contributed by atoms with E-state index in [1.807, 2.05) is 6.92 Å². The van der Waals surface area contributed by atoms with Crippen LogP contribution in [0.3, 0.4) is 0 Å². The Bertz CT molecular complexity index is 164. The van der Waals surface area contributed by atoms with Crippen LogP contribution >= 0.6 is 11.6 Å². The van der Waals surface area contributed by atoms with Crippen molar-refractivity contribution in [3.8, 4) is 0 Å². The molecule has 0 spiro atoms. The SMILES string of the molecule is C=C(COCCCO)/C(Cl)=C\C. The first-order valence-corrected chi connectivity index (χ1v) is 4.28. The molecule has 0 radical (unpaired) electrons. The highest BCUT2D eigenvalue weighted by molar-refractivity contribution is 6.31. The first-order valence-electron chi connectivity index (χ1n) is 3.91. The number of hydrogen-bond donors (Lipinski definition) is 1. The van der Waals surface area contributed by atoms with E-state index in [0.717, 1.165) is 5.57 Å². The van der Waals surface area contributed by atoms with Gasteiger partial charge in [-0.15, -0.1) is 0 Å². The van der Waals surface area contributed by atoms with Crippen molar-refractivity contribution >= 4 is 11.6 Å². The lowest BCUT2D eigenvalue weighted by Crippen LogP contribution is -2.01. The maximum Gasteiger partial charge on any atom is 0.0725 e. The van der Waals surface area contributed by atoms with E-state index in [1.165, 1.54) is 0 Å². The third-order valence-electron chi connectivity index (χ3n) is 1.31. The van der Waals surface area contributed by atoms with Gasteiger partial charge in [0.05, 0.1) is 6.61 Å². The van der Waals surface area contributed by atoms with Gasteiger partial charge < -0.3 is 9.84 Å². The second-order valence-electron chi connectivity index (χ2n) is 2.37. The zero-order valence-corrected chi connectivity index (χ0v) is 8.10. The Kier molecular flexibility index (Phi) is 7.16. The van der Waals surface area contributed by atoms with E-state index in [1.54, 1.807) is 6.08 Å². The van der Waals surface area contributed by atoms with Crippen LogP contribution in [-0.4, -0.2) is 24.9 Å². The number of halogens is 1. The van der Waals surface area contributed by atoms with Crippen LogP contribution in [0.4, 0.5) is 0 Å². The number of hydrogen-bond acceptors (Lipinski definition) is 2. The van der Waals surface area contributed by atoms with Gasteiger partial charge in [-0.25, -0.2) is 0 Å². The maximum atomic E-state index is 8.45. The van der Waals surface area contributed by atoms with Crippen LogP contribution in [0, 0.1) is 0 Å². The minimum absolute atomic E-state index is 0.157.